The highest BCUT2D eigenvalue weighted by atomic mass is 19.1. The van der Waals surface area contributed by atoms with E-state index in [9.17, 15) is 14.3 Å². The van der Waals surface area contributed by atoms with Crippen LogP contribution in [0.25, 0.3) is 33.0 Å². The third-order valence-electron chi connectivity index (χ3n) is 10.1. The lowest BCUT2D eigenvalue weighted by Crippen LogP contribution is -2.44. The molecule has 0 unspecified atom stereocenters. The summed E-state index contributed by atoms with van der Waals surface area (Å²) in [6.45, 7) is 3.27. The zero-order chi connectivity index (χ0) is 28.8. The van der Waals surface area contributed by atoms with Crippen molar-refractivity contribution in [3.63, 3.8) is 0 Å². The van der Waals surface area contributed by atoms with Crippen LogP contribution in [0, 0.1) is 18.7 Å². The summed E-state index contributed by atoms with van der Waals surface area (Å²) in [4.78, 5) is 25.2. The Balaban J connectivity index is 1.28. The number of ether oxygens (including phenoxy) is 1. The second kappa shape index (κ2) is 9.10. The van der Waals surface area contributed by atoms with Crippen LogP contribution in [-0.2, 0) is 0 Å². The number of phenolic OH excluding ortho intramolecular Hbond substituents is 1. The molecule has 9 rings (SSSR count). The molecule has 5 aliphatic rings. The van der Waals surface area contributed by atoms with Gasteiger partial charge in [-0.2, -0.15) is 9.97 Å². The zero-order valence-electron chi connectivity index (χ0n) is 23.4. The van der Waals surface area contributed by atoms with E-state index in [4.69, 9.17) is 19.1 Å². The van der Waals surface area contributed by atoms with E-state index >= 15 is 4.39 Å². The molecule has 8 nitrogen and oxygen atoms in total. The molecular formula is C32H32F2N4O4. The van der Waals surface area contributed by atoms with Gasteiger partial charge in [0, 0.05) is 35.0 Å². The molecule has 2 saturated heterocycles. The van der Waals surface area contributed by atoms with E-state index in [-0.39, 0.29) is 51.5 Å². The van der Waals surface area contributed by atoms with E-state index < -0.39 is 17.6 Å². The first kappa shape index (κ1) is 25.9. The molecule has 2 aromatic carbocycles. The predicted octanol–water partition coefficient (Wildman–Crippen LogP) is 5.87. The molecule has 2 aromatic heterocycles. The topological polar surface area (TPSA) is 101 Å². The molecule has 42 heavy (non-hydrogen) atoms. The summed E-state index contributed by atoms with van der Waals surface area (Å²) in [7, 11) is 0. The summed E-state index contributed by atoms with van der Waals surface area (Å²) in [5, 5.41) is 14.9. The van der Waals surface area contributed by atoms with Crippen molar-refractivity contribution in [3.8, 4) is 23.1 Å². The highest BCUT2D eigenvalue weighted by Crippen LogP contribution is 2.54. The lowest BCUT2D eigenvalue weighted by Gasteiger charge is -2.39. The van der Waals surface area contributed by atoms with Crippen LogP contribution in [0.15, 0.2) is 39.5 Å². The summed E-state index contributed by atoms with van der Waals surface area (Å²) in [6.07, 6.45) is 5.52. The number of benzene rings is 2. The van der Waals surface area contributed by atoms with Gasteiger partial charge < -0.3 is 19.6 Å². The molecule has 0 spiro atoms. The number of aromatic hydroxyl groups is 1. The molecule has 3 saturated carbocycles. The number of aryl methyl sites for hydroxylation is 1. The monoisotopic (exact) mass is 574 g/mol. The van der Waals surface area contributed by atoms with Crippen molar-refractivity contribution in [2.75, 3.05) is 25.0 Å². The van der Waals surface area contributed by atoms with Gasteiger partial charge in [-0.05, 0) is 81.5 Å². The van der Waals surface area contributed by atoms with Gasteiger partial charge in [0.25, 0.3) is 0 Å². The fraction of sp³-hybridized carbons (Fsp3) is 0.469. The van der Waals surface area contributed by atoms with Crippen LogP contribution in [0.2, 0.25) is 0 Å². The van der Waals surface area contributed by atoms with Crippen LogP contribution < -0.4 is 15.7 Å². The molecule has 0 radical (unpaired) electrons. The van der Waals surface area contributed by atoms with Gasteiger partial charge in [-0.3, -0.25) is 4.90 Å². The number of nitrogens with zero attached hydrogens (tertiary/aromatic N) is 3. The van der Waals surface area contributed by atoms with E-state index in [1.54, 1.807) is 19.1 Å². The highest BCUT2D eigenvalue weighted by Gasteiger charge is 2.51. The minimum atomic E-state index is -0.886. The van der Waals surface area contributed by atoms with Gasteiger partial charge in [0.15, 0.2) is 0 Å². The predicted molar refractivity (Wildman–Crippen MR) is 154 cm³/mol. The zero-order valence-corrected chi connectivity index (χ0v) is 23.4. The van der Waals surface area contributed by atoms with Gasteiger partial charge in [-0.25, -0.2) is 13.6 Å². The van der Waals surface area contributed by atoms with Crippen LogP contribution in [0.4, 0.5) is 14.6 Å². The SMILES string of the molecule is Cc1c(-c2cc(O)cc3cccc(F)c23)oc(=O)c2c(NC34CCC(C3)C4)nc(OC[C@@]34CCCN3C[C@H](F)C4)nc12. The molecule has 3 aliphatic carbocycles. The Bertz CT molecular complexity index is 1820. The number of fused-ring (bicyclic) bond motifs is 4. The molecule has 0 amide bonds. The van der Waals surface area contributed by atoms with Crippen molar-refractivity contribution in [1.29, 1.82) is 0 Å². The van der Waals surface area contributed by atoms with Crippen LogP contribution in [-0.4, -0.2) is 56.9 Å². The van der Waals surface area contributed by atoms with Crippen LogP contribution in [0.1, 0.15) is 50.5 Å². The van der Waals surface area contributed by atoms with E-state index in [0.717, 1.165) is 45.1 Å². The molecule has 4 heterocycles. The lowest BCUT2D eigenvalue weighted by atomic mass is 9.77. The number of hydrogen-bond donors (Lipinski definition) is 2. The Morgan fingerprint density at radius 1 is 1.19 bits per heavy atom. The number of alkyl halides is 1. The maximum absolute atomic E-state index is 15.1. The number of aromatic nitrogens is 2. The fourth-order valence-corrected chi connectivity index (χ4v) is 8.19. The summed E-state index contributed by atoms with van der Waals surface area (Å²) in [5.41, 5.74) is -0.0787. The maximum Gasteiger partial charge on any atom is 0.349 e. The average Bonchev–Trinajstić information content (AvgIpc) is 3.69. The quantitative estimate of drug-likeness (QED) is 0.295. The van der Waals surface area contributed by atoms with E-state index in [0.29, 0.717) is 41.2 Å². The first-order chi connectivity index (χ1) is 20.2. The van der Waals surface area contributed by atoms with Gasteiger partial charge in [0.05, 0.1) is 11.1 Å². The third kappa shape index (κ3) is 3.91. The van der Waals surface area contributed by atoms with Gasteiger partial charge in [0.1, 0.15) is 41.3 Å². The molecule has 2 aliphatic heterocycles. The smallest absolute Gasteiger partial charge is 0.349 e. The van der Waals surface area contributed by atoms with E-state index in [2.05, 4.69) is 10.2 Å². The lowest BCUT2D eigenvalue weighted by molar-refractivity contribution is 0.107. The molecule has 2 N–H and O–H groups in total. The minimum absolute atomic E-state index is 0.0812. The van der Waals surface area contributed by atoms with Gasteiger partial charge in [-0.15, -0.1) is 0 Å². The normalized spacial score (nSPS) is 28.4. The number of halogens is 2. The summed E-state index contributed by atoms with van der Waals surface area (Å²) in [6, 6.07) is 7.55. The summed E-state index contributed by atoms with van der Waals surface area (Å²) in [5.74, 6) is 0.585. The summed E-state index contributed by atoms with van der Waals surface area (Å²) >= 11 is 0. The number of phenols is 1. The van der Waals surface area contributed by atoms with Gasteiger partial charge in [0.2, 0.25) is 0 Å². The van der Waals surface area contributed by atoms with E-state index in [1.807, 2.05) is 0 Å². The molecular weight excluding hydrogens is 542 g/mol. The maximum atomic E-state index is 15.1. The fourth-order valence-electron chi connectivity index (χ4n) is 8.19. The standard InChI is InChI=1S/C32H32F2N4O4/c1-17-26-25(29(40)42-27(17)22-11-21(39)10-19-4-2-5-23(34)24(19)22)28(37-31-8-6-18(12-31)13-31)36-30(35-26)41-16-32-7-3-9-38(32)15-20(33)14-32/h2,4-5,10-11,18,20,39H,3,6-9,12-16H2,1H3,(H,35,36,37)/t18?,20-,31?,32+/m1/s1. The second-order valence-electron chi connectivity index (χ2n) is 12.8. The number of hydrogen-bond acceptors (Lipinski definition) is 8. The Labute approximate surface area is 240 Å². The molecule has 218 valence electrons. The summed E-state index contributed by atoms with van der Waals surface area (Å²) < 4.78 is 41.6. The van der Waals surface area contributed by atoms with E-state index in [1.165, 1.54) is 18.2 Å². The second-order valence-corrected chi connectivity index (χ2v) is 12.8. The highest BCUT2D eigenvalue weighted by molar-refractivity contribution is 6.00. The molecule has 5 fully saturated rings. The molecule has 4 aromatic rings. The minimum Gasteiger partial charge on any atom is -0.508 e. The van der Waals surface area contributed by atoms with Crippen LogP contribution in [0.3, 0.4) is 0 Å². The van der Waals surface area contributed by atoms with Crippen LogP contribution in [0.5, 0.6) is 11.8 Å². The number of nitrogens with one attached hydrogen (secondary N) is 1. The van der Waals surface area contributed by atoms with Crippen molar-refractivity contribution in [2.45, 2.75) is 69.1 Å². The Morgan fingerprint density at radius 2 is 2.05 bits per heavy atom. The van der Waals surface area contributed by atoms with Crippen molar-refractivity contribution < 1.29 is 23.0 Å². The average molecular weight is 575 g/mol. The molecule has 2 bridgehead atoms. The molecule has 10 heteroatoms. The van der Waals surface area contributed by atoms with Crippen molar-refractivity contribution in [2.24, 2.45) is 5.92 Å². The Hall–Kier alpha value is -3.79. The third-order valence-corrected chi connectivity index (χ3v) is 10.1. The number of rotatable bonds is 6. The van der Waals surface area contributed by atoms with Gasteiger partial charge >= 0.3 is 11.6 Å². The van der Waals surface area contributed by atoms with Crippen LogP contribution >= 0.6 is 0 Å². The molecule has 2 atom stereocenters. The van der Waals surface area contributed by atoms with Crippen molar-refractivity contribution >= 4 is 27.5 Å². The van der Waals surface area contributed by atoms with Gasteiger partial charge in [-0.1, -0.05) is 12.1 Å². The number of anilines is 1. The van der Waals surface area contributed by atoms with Crippen molar-refractivity contribution in [1.82, 2.24) is 14.9 Å². The van der Waals surface area contributed by atoms with Crippen molar-refractivity contribution in [3.05, 3.63) is 52.1 Å². The Kier molecular flexibility index (Phi) is 5.61. The Morgan fingerprint density at radius 3 is 2.86 bits per heavy atom. The first-order valence-corrected chi connectivity index (χ1v) is 14.8. The first-order valence-electron chi connectivity index (χ1n) is 14.8. The largest absolute Gasteiger partial charge is 0.508 e.